The standard InChI is InChI=1S/C18H36O5.Zr/c1-4-7-14-21-18(22-15-8-5-2,23-16-9-6-3)13-11-10-12-17(19)20;/h4-16H2,1-3H3,(H,19,20);. The summed E-state index contributed by atoms with van der Waals surface area (Å²) in [6.07, 6.45) is 8.14. The number of carboxylic acid groups (broad SMARTS) is 1. The zero-order valence-corrected chi connectivity index (χ0v) is 18.2. The van der Waals surface area contributed by atoms with Crippen LogP contribution in [0.3, 0.4) is 0 Å². The van der Waals surface area contributed by atoms with Gasteiger partial charge >= 0.3 is 5.97 Å². The number of ether oxygens (including phenoxy) is 3. The molecular weight excluding hydrogens is 387 g/mol. The van der Waals surface area contributed by atoms with E-state index in [2.05, 4.69) is 20.8 Å². The van der Waals surface area contributed by atoms with E-state index in [0.29, 0.717) is 32.7 Å². The largest absolute Gasteiger partial charge is 0.481 e. The second kappa shape index (κ2) is 18.0. The molecule has 142 valence electrons. The van der Waals surface area contributed by atoms with E-state index in [1.165, 1.54) is 0 Å². The molecule has 0 aromatic rings. The van der Waals surface area contributed by atoms with Crippen molar-refractivity contribution in [1.29, 1.82) is 0 Å². The maximum Gasteiger partial charge on any atom is 0.303 e. The molecule has 0 bridgehead atoms. The summed E-state index contributed by atoms with van der Waals surface area (Å²) in [4.78, 5) is 10.7. The number of aliphatic carboxylic acids is 1. The Morgan fingerprint density at radius 3 is 1.54 bits per heavy atom. The number of rotatable bonds is 17. The third-order valence-corrected chi connectivity index (χ3v) is 3.58. The molecule has 0 fully saturated rings. The topological polar surface area (TPSA) is 65.0 Å². The quantitative estimate of drug-likeness (QED) is 0.270. The van der Waals surface area contributed by atoms with Gasteiger partial charge in [0, 0.05) is 39.0 Å². The first-order valence-corrected chi connectivity index (χ1v) is 9.23. The van der Waals surface area contributed by atoms with Gasteiger partial charge in [0.05, 0.1) is 19.8 Å². The molecular formula is C18H36O5Zr. The van der Waals surface area contributed by atoms with E-state index in [1.54, 1.807) is 0 Å². The van der Waals surface area contributed by atoms with Gasteiger partial charge in [0.25, 0.3) is 5.97 Å². The Morgan fingerprint density at radius 1 is 0.792 bits per heavy atom. The second-order valence-electron chi connectivity index (χ2n) is 5.89. The van der Waals surface area contributed by atoms with Crippen LogP contribution in [0.15, 0.2) is 0 Å². The van der Waals surface area contributed by atoms with Crippen LogP contribution in [-0.4, -0.2) is 36.9 Å². The Hall–Kier alpha value is 0.233. The van der Waals surface area contributed by atoms with Crippen LogP contribution in [0, 0.1) is 0 Å². The minimum atomic E-state index is -1.00. The van der Waals surface area contributed by atoms with Gasteiger partial charge in [-0.05, 0) is 32.1 Å². The van der Waals surface area contributed by atoms with Crippen LogP contribution in [0.1, 0.15) is 85.0 Å². The minimum absolute atomic E-state index is 0. The number of unbranched alkanes of at least 4 members (excludes halogenated alkanes) is 4. The van der Waals surface area contributed by atoms with E-state index in [4.69, 9.17) is 19.3 Å². The molecule has 0 amide bonds. The van der Waals surface area contributed by atoms with Gasteiger partial charge in [0.15, 0.2) is 0 Å². The van der Waals surface area contributed by atoms with Crippen molar-refractivity contribution in [3.8, 4) is 0 Å². The summed E-state index contributed by atoms with van der Waals surface area (Å²) in [5.74, 6) is -1.76. The number of hydrogen-bond acceptors (Lipinski definition) is 4. The molecule has 0 heterocycles. The first kappa shape index (κ1) is 26.5. The van der Waals surface area contributed by atoms with E-state index in [0.717, 1.165) is 44.9 Å². The Kier molecular flexibility index (Phi) is 19.9. The molecule has 0 rings (SSSR count). The Labute approximate surface area is 166 Å². The average Bonchev–Trinajstić information content (AvgIpc) is 2.52. The van der Waals surface area contributed by atoms with Gasteiger partial charge in [-0.1, -0.05) is 40.0 Å². The summed E-state index contributed by atoms with van der Waals surface area (Å²) in [6.45, 7) is 8.17. The van der Waals surface area contributed by atoms with Crippen LogP contribution in [-0.2, 0) is 45.2 Å². The Morgan fingerprint density at radius 2 is 1.21 bits per heavy atom. The molecule has 0 aliphatic carbocycles. The fourth-order valence-corrected chi connectivity index (χ4v) is 2.08. The van der Waals surface area contributed by atoms with Crippen molar-refractivity contribution in [1.82, 2.24) is 0 Å². The first-order valence-electron chi connectivity index (χ1n) is 9.23. The number of hydrogen-bond donors (Lipinski definition) is 1. The molecule has 0 unspecified atom stereocenters. The SMILES string of the molecule is CCCCOC(CCCCC(=O)O)(OCCCC)OCCCC.[Zr]. The maximum absolute atomic E-state index is 10.7. The molecule has 24 heavy (non-hydrogen) atoms. The summed E-state index contributed by atoms with van der Waals surface area (Å²) in [6, 6.07) is 0. The fourth-order valence-electron chi connectivity index (χ4n) is 2.08. The normalized spacial score (nSPS) is 11.3. The molecule has 0 radical (unpaired) electrons. The molecule has 6 heteroatoms. The predicted octanol–water partition coefficient (Wildman–Crippen LogP) is 4.73. The summed E-state index contributed by atoms with van der Waals surface area (Å²) < 4.78 is 17.9. The molecule has 5 nitrogen and oxygen atoms in total. The summed E-state index contributed by atoms with van der Waals surface area (Å²) >= 11 is 0. The van der Waals surface area contributed by atoms with Crippen LogP contribution < -0.4 is 0 Å². The molecule has 0 aromatic carbocycles. The van der Waals surface area contributed by atoms with Crippen LogP contribution in [0.5, 0.6) is 0 Å². The fraction of sp³-hybridized carbons (Fsp3) is 0.944. The van der Waals surface area contributed by atoms with Gasteiger partial charge < -0.3 is 19.3 Å². The van der Waals surface area contributed by atoms with Crippen molar-refractivity contribution in [2.45, 2.75) is 91.0 Å². The van der Waals surface area contributed by atoms with Crippen molar-refractivity contribution in [2.75, 3.05) is 19.8 Å². The van der Waals surface area contributed by atoms with Gasteiger partial charge in [-0.2, -0.15) is 0 Å². The third-order valence-electron chi connectivity index (χ3n) is 3.58. The molecule has 0 saturated heterocycles. The monoisotopic (exact) mass is 422 g/mol. The smallest absolute Gasteiger partial charge is 0.303 e. The van der Waals surface area contributed by atoms with Gasteiger partial charge in [0.1, 0.15) is 0 Å². The zero-order valence-electron chi connectivity index (χ0n) is 15.8. The summed E-state index contributed by atoms with van der Waals surface area (Å²) in [5.41, 5.74) is 0. The minimum Gasteiger partial charge on any atom is -0.481 e. The number of carbonyl (C=O) groups is 1. The van der Waals surface area contributed by atoms with E-state index in [-0.39, 0.29) is 32.6 Å². The van der Waals surface area contributed by atoms with E-state index in [1.807, 2.05) is 0 Å². The molecule has 0 aliphatic heterocycles. The zero-order chi connectivity index (χ0) is 17.4. The van der Waals surface area contributed by atoms with Crippen molar-refractivity contribution < 1.29 is 50.3 Å². The Balaban J connectivity index is 0. The van der Waals surface area contributed by atoms with Crippen LogP contribution in [0.25, 0.3) is 0 Å². The van der Waals surface area contributed by atoms with Crippen LogP contribution >= 0.6 is 0 Å². The molecule has 0 saturated carbocycles. The second-order valence-corrected chi connectivity index (χ2v) is 5.89. The third kappa shape index (κ3) is 14.6. The van der Waals surface area contributed by atoms with Gasteiger partial charge in [0.2, 0.25) is 0 Å². The Bertz CT molecular complexity index is 260. The first-order chi connectivity index (χ1) is 11.1. The van der Waals surface area contributed by atoms with Gasteiger partial charge in [-0.15, -0.1) is 0 Å². The van der Waals surface area contributed by atoms with Crippen molar-refractivity contribution >= 4 is 5.97 Å². The van der Waals surface area contributed by atoms with Gasteiger partial charge in [-0.25, -0.2) is 0 Å². The van der Waals surface area contributed by atoms with E-state index in [9.17, 15) is 4.79 Å². The predicted molar refractivity (Wildman–Crippen MR) is 91.4 cm³/mol. The molecule has 0 aromatic heterocycles. The number of carboxylic acids is 1. The summed E-state index contributed by atoms with van der Waals surface area (Å²) in [5, 5.41) is 8.77. The van der Waals surface area contributed by atoms with Crippen molar-refractivity contribution in [3.05, 3.63) is 0 Å². The maximum atomic E-state index is 10.7. The van der Waals surface area contributed by atoms with E-state index >= 15 is 0 Å². The van der Waals surface area contributed by atoms with Crippen molar-refractivity contribution in [3.63, 3.8) is 0 Å². The van der Waals surface area contributed by atoms with Crippen LogP contribution in [0.4, 0.5) is 0 Å². The summed E-state index contributed by atoms with van der Waals surface area (Å²) in [7, 11) is 0. The van der Waals surface area contributed by atoms with Crippen LogP contribution in [0.2, 0.25) is 0 Å². The molecule has 0 atom stereocenters. The molecule has 1 N–H and O–H groups in total. The molecule has 0 aliphatic rings. The van der Waals surface area contributed by atoms with Crippen molar-refractivity contribution in [2.24, 2.45) is 0 Å². The van der Waals surface area contributed by atoms with Gasteiger partial charge in [-0.3, -0.25) is 4.79 Å². The molecule has 0 spiro atoms. The van der Waals surface area contributed by atoms with E-state index < -0.39 is 11.9 Å². The average molecular weight is 424 g/mol.